The molecule has 4 aromatic rings. The van der Waals surface area contributed by atoms with Gasteiger partial charge in [-0.3, -0.25) is 4.79 Å². The van der Waals surface area contributed by atoms with E-state index in [1.807, 2.05) is 37.2 Å². The van der Waals surface area contributed by atoms with Crippen LogP contribution in [0.1, 0.15) is 38.9 Å². The van der Waals surface area contributed by atoms with Crippen molar-refractivity contribution < 1.29 is 23.5 Å². The molecule has 2 aliphatic rings. The topological polar surface area (TPSA) is 84.0 Å². The Bertz CT molecular complexity index is 1700. The predicted molar refractivity (Wildman–Crippen MR) is 166 cm³/mol. The number of carbonyl (C=O) groups is 2. The number of nitrogens with zero attached hydrogens (tertiary/aromatic N) is 3. The van der Waals surface area contributed by atoms with Gasteiger partial charge in [-0.25, -0.2) is 14.2 Å². The molecule has 0 radical (unpaired) electrons. The fourth-order valence-corrected chi connectivity index (χ4v) is 5.73. The first-order valence-corrected chi connectivity index (χ1v) is 14.4. The van der Waals surface area contributed by atoms with Gasteiger partial charge in [0.15, 0.2) is 11.5 Å². The summed E-state index contributed by atoms with van der Waals surface area (Å²) in [6.07, 6.45) is 2.00. The quantitative estimate of drug-likeness (QED) is 0.244. The molecule has 1 saturated heterocycles. The molecule has 0 saturated carbocycles. The maximum absolute atomic E-state index is 16.2. The summed E-state index contributed by atoms with van der Waals surface area (Å²) in [4.78, 5) is 34.6. The summed E-state index contributed by atoms with van der Waals surface area (Å²) in [5.41, 5.74) is 6.99. The molecule has 43 heavy (non-hydrogen) atoms. The van der Waals surface area contributed by atoms with E-state index >= 15 is 4.39 Å². The van der Waals surface area contributed by atoms with Crippen molar-refractivity contribution in [3.8, 4) is 22.3 Å². The Morgan fingerprint density at radius 1 is 1.02 bits per heavy atom. The lowest BCUT2D eigenvalue weighted by Gasteiger charge is -2.29. The summed E-state index contributed by atoms with van der Waals surface area (Å²) in [6, 6.07) is 18.2. The molecule has 1 aliphatic carbocycles. The Morgan fingerprint density at radius 3 is 2.51 bits per heavy atom. The van der Waals surface area contributed by atoms with Crippen molar-refractivity contribution in [1.82, 2.24) is 4.98 Å². The number of morpholine rings is 1. The van der Waals surface area contributed by atoms with E-state index in [9.17, 15) is 9.59 Å². The molecular weight excluding hydrogens is 547 g/mol. The number of benzene rings is 3. The molecule has 8 nitrogen and oxygen atoms in total. The lowest BCUT2D eigenvalue weighted by molar-refractivity contribution is 0.0518. The second kappa shape index (κ2) is 11.9. The molecule has 3 aromatic carbocycles. The van der Waals surface area contributed by atoms with Gasteiger partial charge in [-0.1, -0.05) is 18.2 Å². The zero-order chi connectivity index (χ0) is 30.1. The third-order valence-corrected chi connectivity index (χ3v) is 7.93. The molecule has 1 aromatic heterocycles. The standard InChI is InChI=1S/C34H33FN4O4/c1-4-43-34(41)32-27-19-22-18-24(39-14-16-42-17-15-39)12-13-25(22)30(27)28(20-36-32)26-6-5-7-29(31(26)35)37-33(40)21-8-10-23(11-9-21)38(2)3/h5-13,18,20H,4,14-17,19H2,1-3H3,(H,37,40). The number of halogens is 1. The fourth-order valence-electron chi connectivity index (χ4n) is 5.73. The first-order valence-electron chi connectivity index (χ1n) is 14.4. The van der Waals surface area contributed by atoms with Crippen LogP contribution in [-0.4, -0.2) is 63.9 Å². The molecule has 220 valence electrons. The number of fused-ring (bicyclic) bond motifs is 3. The normalized spacial score (nSPS) is 13.7. The van der Waals surface area contributed by atoms with Crippen LogP contribution < -0.4 is 15.1 Å². The number of anilines is 3. The third kappa shape index (κ3) is 5.44. The van der Waals surface area contributed by atoms with Gasteiger partial charge in [0, 0.05) is 67.9 Å². The molecule has 0 bridgehead atoms. The summed E-state index contributed by atoms with van der Waals surface area (Å²) >= 11 is 0. The number of ether oxygens (including phenoxy) is 2. The van der Waals surface area contributed by atoms with E-state index in [2.05, 4.69) is 27.3 Å². The second-order valence-corrected chi connectivity index (χ2v) is 10.8. The Hall–Kier alpha value is -4.76. The number of hydrogen-bond acceptors (Lipinski definition) is 7. The molecule has 9 heteroatoms. The first-order chi connectivity index (χ1) is 20.9. The van der Waals surface area contributed by atoms with Crippen LogP contribution in [0.25, 0.3) is 22.3 Å². The van der Waals surface area contributed by atoms with E-state index < -0.39 is 17.7 Å². The highest BCUT2D eigenvalue weighted by Crippen LogP contribution is 2.46. The second-order valence-electron chi connectivity index (χ2n) is 10.8. The van der Waals surface area contributed by atoms with Crippen LogP contribution in [0.5, 0.6) is 0 Å². The van der Waals surface area contributed by atoms with E-state index in [1.165, 1.54) is 12.3 Å². The van der Waals surface area contributed by atoms with Crippen molar-refractivity contribution >= 4 is 28.9 Å². The van der Waals surface area contributed by atoms with Gasteiger partial charge < -0.3 is 24.6 Å². The maximum Gasteiger partial charge on any atom is 0.357 e. The van der Waals surface area contributed by atoms with Gasteiger partial charge in [-0.2, -0.15) is 0 Å². The van der Waals surface area contributed by atoms with Crippen LogP contribution in [0.3, 0.4) is 0 Å². The van der Waals surface area contributed by atoms with Gasteiger partial charge in [-0.15, -0.1) is 0 Å². The minimum absolute atomic E-state index is 0.0586. The molecule has 1 N–H and O–H groups in total. The van der Waals surface area contributed by atoms with E-state index in [4.69, 9.17) is 9.47 Å². The van der Waals surface area contributed by atoms with Gasteiger partial charge in [0.2, 0.25) is 0 Å². The number of carbonyl (C=O) groups excluding carboxylic acids is 2. The molecule has 2 heterocycles. The van der Waals surface area contributed by atoms with Crippen LogP contribution >= 0.6 is 0 Å². The highest BCUT2D eigenvalue weighted by Gasteiger charge is 2.31. The lowest BCUT2D eigenvalue weighted by atomic mass is 9.94. The predicted octanol–water partition coefficient (Wildman–Crippen LogP) is 5.79. The highest BCUT2D eigenvalue weighted by molar-refractivity contribution is 6.05. The van der Waals surface area contributed by atoms with Crippen molar-refractivity contribution in [3.05, 3.63) is 95.1 Å². The van der Waals surface area contributed by atoms with Gasteiger partial charge in [0.05, 0.1) is 25.5 Å². The van der Waals surface area contributed by atoms with E-state index in [-0.39, 0.29) is 23.6 Å². The first kappa shape index (κ1) is 28.4. The molecular formula is C34H33FN4O4. The van der Waals surface area contributed by atoms with Crippen molar-refractivity contribution in [2.24, 2.45) is 0 Å². The summed E-state index contributed by atoms with van der Waals surface area (Å²) < 4.78 is 27.0. The van der Waals surface area contributed by atoms with Crippen molar-refractivity contribution in [2.45, 2.75) is 13.3 Å². The summed E-state index contributed by atoms with van der Waals surface area (Å²) in [5, 5.41) is 2.72. The van der Waals surface area contributed by atoms with E-state index in [0.717, 1.165) is 41.2 Å². The number of nitrogens with one attached hydrogen (secondary N) is 1. The van der Waals surface area contributed by atoms with Crippen molar-refractivity contribution in [2.75, 3.05) is 62.1 Å². The fraction of sp³-hybridized carbons (Fsp3) is 0.265. The molecule has 0 unspecified atom stereocenters. The number of esters is 1. The summed E-state index contributed by atoms with van der Waals surface area (Å²) in [6.45, 7) is 4.92. The maximum atomic E-state index is 16.2. The SMILES string of the molecule is CCOC(=O)c1ncc(-c2cccc(NC(=O)c3ccc(N(C)C)cc3)c2F)c2c1Cc1cc(N3CCOCC3)ccc1-2. The Balaban J connectivity index is 1.39. The summed E-state index contributed by atoms with van der Waals surface area (Å²) in [5.74, 6) is -1.50. The molecule has 1 amide bonds. The van der Waals surface area contributed by atoms with Crippen molar-refractivity contribution in [1.29, 1.82) is 0 Å². The smallest absolute Gasteiger partial charge is 0.357 e. The molecule has 1 fully saturated rings. The Morgan fingerprint density at radius 2 is 1.79 bits per heavy atom. The van der Waals surface area contributed by atoms with Gasteiger partial charge in [0.1, 0.15) is 0 Å². The van der Waals surface area contributed by atoms with Gasteiger partial charge >= 0.3 is 5.97 Å². The van der Waals surface area contributed by atoms with Crippen LogP contribution in [0.4, 0.5) is 21.5 Å². The van der Waals surface area contributed by atoms with Crippen LogP contribution in [0, 0.1) is 5.82 Å². The Labute approximate surface area is 250 Å². The highest BCUT2D eigenvalue weighted by atomic mass is 19.1. The number of amides is 1. The van der Waals surface area contributed by atoms with E-state index in [0.29, 0.717) is 36.3 Å². The number of pyridine rings is 1. The summed E-state index contributed by atoms with van der Waals surface area (Å²) in [7, 11) is 3.84. The zero-order valence-electron chi connectivity index (χ0n) is 24.4. The van der Waals surface area contributed by atoms with Gasteiger partial charge in [-0.05, 0) is 71.6 Å². The largest absolute Gasteiger partial charge is 0.461 e. The molecule has 0 atom stereocenters. The average molecular weight is 581 g/mol. The number of aromatic nitrogens is 1. The molecule has 0 spiro atoms. The third-order valence-electron chi connectivity index (χ3n) is 7.93. The minimum atomic E-state index is -0.577. The van der Waals surface area contributed by atoms with Crippen LogP contribution in [-0.2, 0) is 15.9 Å². The Kier molecular flexibility index (Phi) is 7.82. The van der Waals surface area contributed by atoms with Crippen molar-refractivity contribution in [3.63, 3.8) is 0 Å². The van der Waals surface area contributed by atoms with Crippen LogP contribution in [0.2, 0.25) is 0 Å². The lowest BCUT2D eigenvalue weighted by Crippen LogP contribution is -2.36. The zero-order valence-corrected chi connectivity index (χ0v) is 24.4. The molecule has 1 aliphatic heterocycles. The molecule has 6 rings (SSSR count). The van der Waals surface area contributed by atoms with E-state index in [1.54, 1.807) is 31.2 Å². The van der Waals surface area contributed by atoms with Crippen LogP contribution in [0.15, 0.2) is 66.9 Å². The monoisotopic (exact) mass is 580 g/mol. The minimum Gasteiger partial charge on any atom is -0.461 e. The number of hydrogen-bond donors (Lipinski definition) is 1. The number of rotatable bonds is 7. The van der Waals surface area contributed by atoms with Gasteiger partial charge in [0.25, 0.3) is 5.91 Å². The average Bonchev–Trinajstić information content (AvgIpc) is 3.41.